The Bertz CT molecular complexity index is 802. The molecule has 21 heavy (non-hydrogen) atoms. The molecule has 0 atom stereocenters. The minimum Gasteiger partial charge on any atom is -0.320 e. The lowest BCUT2D eigenvalue weighted by molar-refractivity contribution is -0.384. The van der Waals surface area contributed by atoms with Gasteiger partial charge in [0.15, 0.2) is 0 Å². The number of rotatable bonds is 2. The predicted molar refractivity (Wildman–Crippen MR) is 87.1 cm³/mol. The molecule has 3 rings (SSSR count). The van der Waals surface area contributed by atoms with Gasteiger partial charge in [0.05, 0.1) is 16.3 Å². The van der Waals surface area contributed by atoms with Crippen LogP contribution >= 0.6 is 22.6 Å². The lowest BCUT2D eigenvalue weighted by atomic mass is 10.1. The smallest absolute Gasteiger partial charge is 0.275 e. The third-order valence-corrected chi connectivity index (χ3v) is 3.93. The lowest BCUT2D eigenvalue weighted by Gasteiger charge is -2.00. The van der Waals surface area contributed by atoms with Crippen molar-refractivity contribution < 1.29 is 9.72 Å². The number of nitrogens with zero attached hydrogens (tertiary/aromatic N) is 2. The number of halogens is 1. The van der Waals surface area contributed by atoms with E-state index in [1.54, 1.807) is 6.07 Å². The van der Waals surface area contributed by atoms with Gasteiger partial charge in [-0.3, -0.25) is 14.9 Å². The molecular formula is C14H8IN3O3. The molecule has 0 aromatic heterocycles. The highest BCUT2D eigenvalue weighted by molar-refractivity contribution is 14.1. The number of amides is 1. The van der Waals surface area contributed by atoms with Gasteiger partial charge in [0.25, 0.3) is 11.6 Å². The van der Waals surface area contributed by atoms with Crippen molar-refractivity contribution in [1.82, 2.24) is 0 Å². The van der Waals surface area contributed by atoms with Crippen molar-refractivity contribution in [3.63, 3.8) is 0 Å². The average Bonchev–Trinajstić information content (AvgIpc) is 2.76. The molecule has 1 aliphatic rings. The third kappa shape index (κ3) is 2.51. The Kier molecular flexibility index (Phi) is 3.42. The van der Waals surface area contributed by atoms with E-state index in [0.717, 1.165) is 3.57 Å². The SMILES string of the molecule is O=C1Nc2ccc([N+](=O)[O-])cc2C1=Nc1ccccc1I. The Labute approximate surface area is 133 Å². The summed E-state index contributed by atoms with van der Waals surface area (Å²) < 4.78 is 0.897. The Hall–Kier alpha value is -2.29. The average molecular weight is 393 g/mol. The van der Waals surface area contributed by atoms with Gasteiger partial charge in [0, 0.05) is 21.3 Å². The largest absolute Gasteiger partial charge is 0.320 e. The van der Waals surface area contributed by atoms with E-state index in [-0.39, 0.29) is 17.3 Å². The second kappa shape index (κ2) is 5.24. The molecule has 0 unspecified atom stereocenters. The quantitative estimate of drug-likeness (QED) is 0.483. The van der Waals surface area contributed by atoms with Crippen LogP contribution in [0.2, 0.25) is 0 Å². The monoisotopic (exact) mass is 393 g/mol. The van der Waals surface area contributed by atoms with E-state index in [0.29, 0.717) is 16.9 Å². The summed E-state index contributed by atoms with van der Waals surface area (Å²) in [4.78, 5) is 26.7. The molecule has 1 heterocycles. The van der Waals surface area contributed by atoms with E-state index in [4.69, 9.17) is 0 Å². The minimum atomic E-state index is -0.493. The van der Waals surface area contributed by atoms with Crippen molar-refractivity contribution in [3.05, 3.63) is 61.7 Å². The van der Waals surface area contributed by atoms with Crippen molar-refractivity contribution in [1.29, 1.82) is 0 Å². The standard InChI is InChI=1S/C14H8IN3O3/c15-10-3-1-2-4-12(10)16-13-9-7-8(18(20)21)5-6-11(9)17-14(13)19/h1-7H,(H,16,17,19). The number of anilines is 1. The predicted octanol–water partition coefficient (Wildman–Crippen LogP) is 3.27. The first kappa shape index (κ1) is 13.7. The van der Waals surface area contributed by atoms with E-state index in [1.165, 1.54) is 18.2 Å². The van der Waals surface area contributed by atoms with E-state index in [9.17, 15) is 14.9 Å². The van der Waals surface area contributed by atoms with Gasteiger partial charge in [-0.2, -0.15) is 0 Å². The molecular weight excluding hydrogens is 385 g/mol. The first-order valence-corrected chi connectivity index (χ1v) is 7.07. The van der Waals surface area contributed by atoms with Gasteiger partial charge in [-0.1, -0.05) is 12.1 Å². The number of carbonyl (C=O) groups is 1. The summed E-state index contributed by atoms with van der Waals surface area (Å²) in [5.41, 5.74) is 1.77. The molecule has 6 nitrogen and oxygen atoms in total. The van der Waals surface area contributed by atoms with E-state index in [1.807, 2.05) is 18.2 Å². The van der Waals surface area contributed by atoms with E-state index < -0.39 is 4.92 Å². The summed E-state index contributed by atoms with van der Waals surface area (Å²) in [5.74, 6) is -0.356. The number of nitrogens with one attached hydrogen (secondary N) is 1. The molecule has 0 saturated heterocycles. The van der Waals surface area contributed by atoms with Crippen LogP contribution in [0.1, 0.15) is 5.56 Å². The molecule has 0 aliphatic carbocycles. The molecule has 1 N–H and O–H groups in total. The normalized spacial score (nSPS) is 14.9. The highest BCUT2D eigenvalue weighted by atomic mass is 127. The Balaban J connectivity index is 2.14. The Morgan fingerprint density at radius 3 is 2.67 bits per heavy atom. The number of benzene rings is 2. The van der Waals surface area contributed by atoms with Gasteiger partial charge in [0.2, 0.25) is 0 Å². The van der Waals surface area contributed by atoms with Crippen LogP contribution in [0.3, 0.4) is 0 Å². The van der Waals surface area contributed by atoms with E-state index >= 15 is 0 Å². The highest BCUT2D eigenvalue weighted by Crippen LogP contribution is 2.30. The summed E-state index contributed by atoms with van der Waals surface area (Å²) in [6.07, 6.45) is 0. The van der Waals surface area contributed by atoms with Gasteiger partial charge < -0.3 is 5.32 Å². The maximum atomic E-state index is 12.0. The number of hydrogen-bond acceptors (Lipinski definition) is 4. The summed E-state index contributed by atoms with van der Waals surface area (Å²) in [5, 5.41) is 13.5. The summed E-state index contributed by atoms with van der Waals surface area (Å²) in [7, 11) is 0. The van der Waals surface area contributed by atoms with Crippen molar-refractivity contribution in [2.45, 2.75) is 0 Å². The van der Waals surface area contributed by atoms with Gasteiger partial charge in [0.1, 0.15) is 5.71 Å². The third-order valence-electron chi connectivity index (χ3n) is 3.02. The first-order valence-electron chi connectivity index (χ1n) is 5.99. The molecule has 0 saturated carbocycles. The number of carbonyl (C=O) groups excluding carboxylic acids is 1. The van der Waals surface area contributed by atoms with Crippen LogP contribution in [0.15, 0.2) is 47.5 Å². The molecule has 2 aromatic carbocycles. The number of nitro groups is 1. The highest BCUT2D eigenvalue weighted by Gasteiger charge is 2.28. The van der Waals surface area contributed by atoms with Crippen LogP contribution < -0.4 is 5.32 Å². The molecule has 0 spiro atoms. The molecule has 1 amide bonds. The number of hydrogen-bond donors (Lipinski definition) is 1. The van der Waals surface area contributed by atoms with E-state index in [2.05, 4.69) is 32.9 Å². The van der Waals surface area contributed by atoms with Gasteiger partial charge in [-0.25, -0.2) is 4.99 Å². The van der Waals surface area contributed by atoms with Gasteiger partial charge in [-0.15, -0.1) is 0 Å². The molecule has 7 heteroatoms. The van der Waals surface area contributed by atoms with Crippen molar-refractivity contribution in [2.24, 2.45) is 4.99 Å². The fourth-order valence-corrected chi connectivity index (χ4v) is 2.54. The van der Waals surface area contributed by atoms with Gasteiger partial charge in [-0.05, 0) is 40.8 Å². The molecule has 0 fully saturated rings. The summed E-state index contributed by atoms with van der Waals surface area (Å²) in [6, 6.07) is 11.6. The van der Waals surface area contributed by atoms with Crippen LogP contribution in [0.5, 0.6) is 0 Å². The number of aliphatic imine (C=N–C) groups is 1. The number of non-ortho nitro benzene ring substituents is 1. The van der Waals surface area contributed by atoms with Crippen LogP contribution in [-0.4, -0.2) is 16.5 Å². The van der Waals surface area contributed by atoms with Crippen LogP contribution in [0.4, 0.5) is 17.1 Å². The van der Waals surface area contributed by atoms with Crippen LogP contribution in [0.25, 0.3) is 0 Å². The van der Waals surface area contributed by atoms with Crippen molar-refractivity contribution in [3.8, 4) is 0 Å². The Morgan fingerprint density at radius 1 is 1.19 bits per heavy atom. The molecule has 104 valence electrons. The lowest BCUT2D eigenvalue weighted by Crippen LogP contribution is -2.14. The second-order valence-electron chi connectivity index (χ2n) is 4.35. The minimum absolute atomic E-state index is 0.0688. The van der Waals surface area contributed by atoms with Crippen molar-refractivity contribution >= 4 is 51.3 Å². The molecule has 0 bridgehead atoms. The Morgan fingerprint density at radius 2 is 1.95 bits per heavy atom. The molecule has 0 radical (unpaired) electrons. The summed E-state index contributed by atoms with van der Waals surface area (Å²) in [6.45, 7) is 0. The van der Waals surface area contributed by atoms with Crippen LogP contribution in [-0.2, 0) is 4.79 Å². The maximum Gasteiger partial charge on any atom is 0.275 e. The summed E-state index contributed by atoms with van der Waals surface area (Å²) >= 11 is 2.12. The fraction of sp³-hybridized carbons (Fsp3) is 0. The fourth-order valence-electron chi connectivity index (χ4n) is 2.03. The molecule has 2 aromatic rings. The zero-order valence-corrected chi connectivity index (χ0v) is 12.7. The first-order chi connectivity index (χ1) is 10.1. The number of para-hydroxylation sites is 1. The zero-order valence-electron chi connectivity index (χ0n) is 10.5. The zero-order chi connectivity index (χ0) is 15.0. The molecule has 1 aliphatic heterocycles. The van der Waals surface area contributed by atoms with Gasteiger partial charge >= 0.3 is 0 Å². The van der Waals surface area contributed by atoms with Crippen molar-refractivity contribution in [2.75, 3.05) is 5.32 Å². The number of nitro benzene ring substituents is 1. The second-order valence-corrected chi connectivity index (χ2v) is 5.52. The maximum absolute atomic E-state index is 12.0. The topological polar surface area (TPSA) is 84.6 Å². The van der Waals surface area contributed by atoms with Crippen LogP contribution in [0, 0.1) is 13.7 Å². The number of fused-ring (bicyclic) bond motifs is 1.